The smallest absolute Gasteiger partial charge is 0.326 e. The highest BCUT2D eigenvalue weighted by Crippen LogP contribution is 2.42. The summed E-state index contributed by atoms with van der Waals surface area (Å²) in [5.41, 5.74) is 0.489. The second-order valence-corrected chi connectivity index (χ2v) is 5.41. The van der Waals surface area contributed by atoms with E-state index in [1.807, 2.05) is 0 Å². The lowest BCUT2D eigenvalue weighted by atomic mass is 9.79. The van der Waals surface area contributed by atoms with Crippen molar-refractivity contribution in [2.75, 3.05) is 18.4 Å². The van der Waals surface area contributed by atoms with Crippen molar-refractivity contribution < 1.29 is 18.0 Å². The maximum atomic E-state index is 12.8. The van der Waals surface area contributed by atoms with Crippen LogP contribution in [-0.2, 0) is 11.0 Å². The van der Waals surface area contributed by atoms with Gasteiger partial charge in [-0.1, -0.05) is 0 Å². The standard InChI is InChI=1S/C14H15F3N2O/c15-14(16,17)9-1-2-12-11(5-9)10(6-13(20)19-12)8-3-4-18-7-8/h1-2,5,8,10,18H,3-4,6-7H2,(H,19,20). The molecule has 1 aromatic carbocycles. The van der Waals surface area contributed by atoms with Gasteiger partial charge in [0.25, 0.3) is 0 Å². The molecule has 1 saturated heterocycles. The fraction of sp³-hybridized carbons (Fsp3) is 0.500. The van der Waals surface area contributed by atoms with Crippen molar-refractivity contribution >= 4 is 11.6 Å². The Morgan fingerprint density at radius 2 is 2.05 bits per heavy atom. The fourth-order valence-electron chi connectivity index (χ4n) is 3.11. The Balaban J connectivity index is 2.01. The molecule has 0 aromatic heterocycles. The lowest BCUT2D eigenvalue weighted by molar-refractivity contribution is -0.137. The molecule has 3 nitrogen and oxygen atoms in total. The molecule has 108 valence electrons. The minimum atomic E-state index is -4.35. The maximum absolute atomic E-state index is 12.8. The molecule has 0 bridgehead atoms. The van der Waals surface area contributed by atoms with Crippen LogP contribution < -0.4 is 10.6 Å². The lowest BCUT2D eigenvalue weighted by Crippen LogP contribution is -2.28. The number of halogens is 3. The first kappa shape index (κ1) is 13.4. The molecule has 2 unspecified atom stereocenters. The van der Waals surface area contributed by atoms with E-state index in [2.05, 4.69) is 10.6 Å². The third-order valence-electron chi connectivity index (χ3n) is 4.13. The number of anilines is 1. The molecular formula is C14H15F3N2O. The number of carbonyl (C=O) groups excluding carboxylic acids is 1. The zero-order valence-electron chi connectivity index (χ0n) is 10.8. The first-order valence-corrected chi connectivity index (χ1v) is 6.67. The second-order valence-electron chi connectivity index (χ2n) is 5.41. The Bertz CT molecular complexity index is 536. The first-order chi connectivity index (χ1) is 9.45. The van der Waals surface area contributed by atoms with Gasteiger partial charge < -0.3 is 10.6 Å². The van der Waals surface area contributed by atoms with Crippen LogP contribution in [0.5, 0.6) is 0 Å². The third-order valence-corrected chi connectivity index (χ3v) is 4.13. The van der Waals surface area contributed by atoms with E-state index in [-0.39, 0.29) is 24.2 Å². The topological polar surface area (TPSA) is 41.1 Å². The van der Waals surface area contributed by atoms with Crippen LogP contribution in [0.3, 0.4) is 0 Å². The van der Waals surface area contributed by atoms with Crippen LogP contribution in [0, 0.1) is 5.92 Å². The van der Waals surface area contributed by atoms with Gasteiger partial charge in [-0.15, -0.1) is 0 Å². The van der Waals surface area contributed by atoms with E-state index in [1.54, 1.807) is 0 Å². The van der Waals surface area contributed by atoms with Crippen molar-refractivity contribution in [1.82, 2.24) is 5.32 Å². The van der Waals surface area contributed by atoms with E-state index in [4.69, 9.17) is 0 Å². The van der Waals surface area contributed by atoms with Crippen molar-refractivity contribution in [1.29, 1.82) is 0 Å². The van der Waals surface area contributed by atoms with E-state index in [9.17, 15) is 18.0 Å². The first-order valence-electron chi connectivity index (χ1n) is 6.67. The summed E-state index contributed by atoms with van der Waals surface area (Å²) >= 11 is 0. The highest BCUT2D eigenvalue weighted by molar-refractivity contribution is 5.94. The predicted molar refractivity (Wildman–Crippen MR) is 68.4 cm³/mol. The summed E-state index contributed by atoms with van der Waals surface area (Å²) in [4.78, 5) is 11.7. The number of nitrogens with one attached hydrogen (secondary N) is 2. The van der Waals surface area contributed by atoms with Crippen LogP contribution in [0.25, 0.3) is 0 Å². The van der Waals surface area contributed by atoms with Gasteiger partial charge in [0, 0.05) is 12.1 Å². The summed E-state index contributed by atoms with van der Waals surface area (Å²) in [6.45, 7) is 1.62. The van der Waals surface area contributed by atoms with Gasteiger partial charge in [-0.05, 0) is 55.1 Å². The monoisotopic (exact) mass is 284 g/mol. The van der Waals surface area contributed by atoms with Crippen LogP contribution in [-0.4, -0.2) is 19.0 Å². The Hall–Kier alpha value is -1.56. The molecule has 1 amide bonds. The minimum absolute atomic E-state index is 0.117. The largest absolute Gasteiger partial charge is 0.416 e. The summed E-state index contributed by atoms with van der Waals surface area (Å²) < 4.78 is 38.5. The van der Waals surface area contributed by atoms with Crippen LogP contribution in [0.2, 0.25) is 0 Å². The van der Waals surface area contributed by atoms with E-state index in [0.29, 0.717) is 11.3 Å². The predicted octanol–water partition coefficient (Wildman–Crippen LogP) is 2.74. The van der Waals surface area contributed by atoms with E-state index in [1.165, 1.54) is 12.1 Å². The molecule has 2 aliphatic rings. The molecule has 2 heterocycles. The molecule has 0 saturated carbocycles. The van der Waals surface area contributed by atoms with Gasteiger partial charge in [-0.25, -0.2) is 0 Å². The Kier molecular flexibility index (Phi) is 3.20. The van der Waals surface area contributed by atoms with Crippen molar-refractivity contribution in [2.45, 2.75) is 24.9 Å². The van der Waals surface area contributed by atoms with E-state index >= 15 is 0 Å². The van der Waals surface area contributed by atoms with E-state index in [0.717, 1.165) is 25.6 Å². The van der Waals surface area contributed by atoms with Gasteiger partial charge in [-0.3, -0.25) is 4.79 Å². The molecule has 2 atom stereocenters. The number of fused-ring (bicyclic) bond motifs is 1. The third kappa shape index (κ3) is 2.40. The summed E-state index contributed by atoms with van der Waals surface area (Å²) in [5, 5.41) is 5.87. The van der Waals surface area contributed by atoms with Crippen LogP contribution in [0.15, 0.2) is 18.2 Å². The average molecular weight is 284 g/mol. The van der Waals surface area contributed by atoms with Gasteiger partial charge in [-0.2, -0.15) is 13.2 Å². The van der Waals surface area contributed by atoms with Gasteiger partial charge in [0.05, 0.1) is 5.56 Å². The number of hydrogen-bond donors (Lipinski definition) is 2. The van der Waals surface area contributed by atoms with Crippen molar-refractivity contribution in [3.63, 3.8) is 0 Å². The lowest BCUT2D eigenvalue weighted by Gasteiger charge is -2.30. The fourth-order valence-corrected chi connectivity index (χ4v) is 3.11. The Morgan fingerprint density at radius 3 is 2.70 bits per heavy atom. The van der Waals surface area contributed by atoms with Crippen molar-refractivity contribution in [2.24, 2.45) is 5.92 Å². The molecular weight excluding hydrogens is 269 g/mol. The summed E-state index contributed by atoms with van der Waals surface area (Å²) in [6.07, 6.45) is -3.19. The molecule has 2 aliphatic heterocycles. The highest BCUT2D eigenvalue weighted by Gasteiger charge is 2.36. The zero-order valence-corrected chi connectivity index (χ0v) is 10.8. The SMILES string of the molecule is O=C1CC(C2CCNC2)c2cc(C(F)(F)F)ccc2N1. The summed E-state index contributed by atoms with van der Waals surface area (Å²) in [6, 6.07) is 3.58. The molecule has 0 aliphatic carbocycles. The minimum Gasteiger partial charge on any atom is -0.326 e. The van der Waals surface area contributed by atoms with Crippen molar-refractivity contribution in [3.8, 4) is 0 Å². The molecule has 20 heavy (non-hydrogen) atoms. The van der Waals surface area contributed by atoms with Gasteiger partial charge >= 0.3 is 6.18 Å². The molecule has 1 aromatic rings. The number of rotatable bonds is 1. The maximum Gasteiger partial charge on any atom is 0.416 e. The number of carbonyl (C=O) groups is 1. The number of benzene rings is 1. The number of alkyl halides is 3. The molecule has 0 spiro atoms. The normalized spacial score (nSPS) is 26.2. The quantitative estimate of drug-likeness (QED) is 0.832. The highest BCUT2D eigenvalue weighted by atomic mass is 19.4. The molecule has 0 radical (unpaired) electrons. The second kappa shape index (κ2) is 4.77. The van der Waals surface area contributed by atoms with Gasteiger partial charge in [0.2, 0.25) is 5.91 Å². The number of amides is 1. The molecule has 1 fully saturated rings. The molecule has 3 rings (SSSR count). The van der Waals surface area contributed by atoms with Crippen LogP contribution >= 0.6 is 0 Å². The summed E-state index contributed by atoms with van der Waals surface area (Å²) in [5.74, 6) is -0.0199. The summed E-state index contributed by atoms with van der Waals surface area (Å²) in [7, 11) is 0. The Labute approximate surface area is 114 Å². The number of hydrogen-bond acceptors (Lipinski definition) is 2. The molecule has 2 N–H and O–H groups in total. The molecule has 6 heteroatoms. The van der Waals surface area contributed by atoms with Crippen LogP contribution in [0.1, 0.15) is 29.9 Å². The average Bonchev–Trinajstić information content (AvgIpc) is 2.89. The van der Waals surface area contributed by atoms with Crippen LogP contribution in [0.4, 0.5) is 18.9 Å². The van der Waals surface area contributed by atoms with Gasteiger partial charge in [0.15, 0.2) is 0 Å². The zero-order chi connectivity index (χ0) is 14.3. The van der Waals surface area contributed by atoms with E-state index < -0.39 is 11.7 Å². The van der Waals surface area contributed by atoms with Crippen molar-refractivity contribution in [3.05, 3.63) is 29.3 Å². The Morgan fingerprint density at radius 1 is 1.25 bits per heavy atom. The van der Waals surface area contributed by atoms with Gasteiger partial charge in [0.1, 0.15) is 0 Å².